The lowest BCUT2D eigenvalue weighted by Crippen LogP contribution is -2.41. The van der Waals surface area contributed by atoms with E-state index in [2.05, 4.69) is 15.2 Å². The Kier molecular flexibility index (Phi) is 4.74. The molecule has 6 heteroatoms. The maximum absolute atomic E-state index is 11.2. The Labute approximate surface area is 106 Å². The molecule has 0 spiro atoms. The van der Waals surface area contributed by atoms with Crippen LogP contribution in [0.1, 0.15) is 11.7 Å². The zero-order valence-electron chi connectivity index (χ0n) is 10.3. The zero-order chi connectivity index (χ0) is 12.8. The lowest BCUT2D eigenvalue weighted by atomic mass is 10.2. The van der Waals surface area contributed by atoms with Crippen LogP contribution in [0, 0.1) is 0 Å². The Morgan fingerprint density at radius 2 is 2.33 bits per heavy atom. The number of aromatic nitrogens is 1. The third kappa shape index (κ3) is 3.56. The van der Waals surface area contributed by atoms with E-state index in [1.807, 2.05) is 0 Å². The van der Waals surface area contributed by atoms with Crippen molar-refractivity contribution in [2.45, 2.75) is 6.04 Å². The van der Waals surface area contributed by atoms with Crippen LogP contribution in [0.2, 0.25) is 0 Å². The molecule has 3 N–H and O–H groups in total. The highest BCUT2D eigenvalue weighted by Gasteiger charge is 2.20. The van der Waals surface area contributed by atoms with Gasteiger partial charge in [0, 0.05) is 38.1 Å². The van der Waals surface area contributed by atoms with Crippen molar-refractivity contribution in [3.05, 3.63) is 24.0 Å². The molecule has 0 aromatic carbocycles. The average molecular weight is 253 g/mol. The molecule has 0 bridgehead atoms. The van der Waals surface area contributed by atoms with Crippen LogP contribution in [-0.4, -0.2) is 60.4 Å². The predicted molar refractivity (Wildman–Crippen MR) is 66.4 cm³/mol. The summed E-state index contributed by atoms with van der Waals surface area (Å²) in [5.41, 5.74) is 0.685. The topological polar surface area (TPSA) is 77.6 Å². The molecule has 100 valence electrons. The molecule has 1 unspecified atom stereocenters. The van der Waals surface area contributed by atoms with Crippen LogP contribution in [0.5, 0.6) is 0 Å². The van der Waals surface area contributed by atoms with Crippen LogP contribution in [0.15, 0.2) is 18.3 Å². The van der Waals surface area contributed by atoms with Crippen LogP contribution in [0.25, 0.3) is 0 Å². The summed E-state index contributed by atoms with van der Waals surface area (Å²) in [6.45, 7) is 4.85. The van der Waals surface area contributed by atoms with Crippen LogP contribution < -0.4 is 5.32 Å². The molecule has 1 aliphatic heterocycles. The SMILES string of the molecule is O=C(O)C(NCCN1CCOCC1)c1ccc[nH]1. The molecule has 0 amide bonds. The summed E-state index contributed by atoms with van der Waals surface area (Å²) < 4.78 is 5.26. The van der Waals surface area contributed by atoms with Gasteiger partial charge in [-0.1, -0.05) is 0 Å². The Bertz CT molecular complexity index is 361. The van der Waals surface area contributed by atoms with Gasteiger partial charge in [-0.15, -0.1) is 0 Å². The van der Waals surface area contributed by atoms with Gasteiger partial charge in [-0.25, -0.2) is 0 Å². The van der Waals surface area contributed by atoms with Crippen molar-refractivity contribution >= 4 is 5.97 Å². The lowest BCUT2D eigenvalue weighted by Gasteiger charge is -2.27. The fraction of sp³-hybridized carbons (Fsp3) is 0.583. The van der Waals surface area contributed by atoms with Gasteiger partial charge in [0.2, 0.25) is 0 Å². The number of carbonyl (C=O) groups is 1. The summed E-state index contributed by atoms with van der Waals surface area (Å²) in [5.74, 6) is -0.862. The number of aromatic amines is 1. The van der Waals surface area contributed by atoms with Gasteiger partial charge in [-0.2, -0.15) is 0 Å². The summed E-state index contributed by atoms with van der Waals surface area (Å²) in [4.78, 5) is 16.4. The summed E-state index contributed by atoms with van der Waals surface area (Å²) in [5, 5.41) is 12.2. The number of rotatable bonds is 6. The number of ether oxygens (including phenoxy) is 1. The first-order chi connectivity index (χ1) is 8.77. The first kappa shape index (κ1) is 13.1. The molecule has 2 heterocycles. The number of hydrogen-bond donors (Lipinski definition) is 3. The molecular weight excluding hydrogens is 234 g/mol. The summed E-state index contributed by atoms with van der Waals surface area (Å²) in [7, 11) is 0. The Morgan fingerprint density at radius 1 is 1.56 bits per heavy atom. The minimum Gasteiger partial charge on any atom is -0.480 e. The van der Waals surface area contributed by atoms with E-state index >= 15 is 0 Å². The molecule has 2 rings (SSSR count). The van der Waals surface area contributed by atoms with E-state index in [0.29, 0.717) is 12.2 Å². The Balaban J connectivity index is 1.77. The molecule has 1 saturated heterocycles. The fourth-order valence-electron chi connectivity index (χ4n) is 2.05. The van der Waals surface area contributed by atoms with Crippen molar-refractivity contribution in [3.63, 3.8) is 0 Å². The number of nitrogens with zero attached hydrogens (tertiary/aromatic N) is 1. The number of carboxylic acids is 1. The second-order valence-corrected chi connectivity index (χ2v) is 4.30. The number of hydrogen-bond acceptors (Lipinski definition) is 4. The fourth-order valence-corrected chi connectivity index (χ4v) is 2.05. The first-order valence-corrected chi connectivity index (χ1v) is 6.17. The van der Waals surface area contributed by atoms with E-state index in [1.165, 1.54) is 0 Å². The van der Waals surface area contributed by atoms with Gasteiger partial charge in [-0.05, 0) is 12.1 Å². The maximum Gasteiger partial charge on any atom is 0.326 e. The van der Waals surface area contributed by atoms with E-state index in [-0.39, 0.29) is 0 Å². The molecular formula is C12H19N3O3. The van der Waals surface area contributed by atoms with Crippen molar-refractivity contribution in [1.29, 1.82) is 0 Å². The number of aliphatic carboxylic acids is 1. The number of carboxylic acid groups (broad SMARTS) is 1. The molecule has 1 atom stereocenters. The van der Waals surface area contributed by atoms with Crippen molar-refractivity contribution < 1.29 is 14.6 Å². The summed E-state index contributed by atoms with van der Waals surface area (Å²) in [6.07, 6.45) is 1.73. The quantitative estimate of drug-likeness (QED) is 0.668. The van der Waals surface area contributed by atoms with E-state index in [1.54, 1.807) is 18.3 Å². The van der Waals surface area contributed by atoms with E-state index < -0.39 is 12.0 Å². The molecule has 1 aromatic rings. The van der Waals surface area contributed by atoms with Crippen LogP contribution in [-0.2, 0) is 9.53 Å². The second-order valence-electron chi connectivity index (χ2n) is 4.30. The highest BCUT2D eigenvalue weighted by molar-refractivity contribution is 5.74. The van der Waals surface area contributed by atoms with Gasteiger partial charge in [0.05, 0.1) is 13.2 Å². The average Bonchev–Trinajstić information content (AvgIpc) is 2.89. The van der Waals surface area contributed by atoms with Gasteiger partial charge in [0.15, 0.2) is 0 Å². The normalized spacial score (nSPS) is 18.7. The monoisotopic (exact) mass is 253 g/mol. The van der Waals surface area contributed by atoms with Crippen molar-refractivity contribution in [3.8, 4) is 0 Å². The Morgan fingerprint density at radius 3 is 2.94 bits per heavy atom. The first-order valence-electron chi connectivity index (χ1n) is 6.17. The largest absolute Gasteiger partial charge is 0.480 e. The van der Waals surface area contributed by atoms with Gasteiger partial charge in [-0.3, -0.25) is 15.0 Å². The molecule has 1 aromatic heterocycles. The van der Waals surface area contributed by atoms with Gasteiger partial charge >= 0.3 is 5.97 Å². The van der Waals surface area contributed by atoms with Gasteiger partial charge in [0.25, 0.3) is 0 Å². The zero-order valence-corrected chi connectivity index (χ0v) is 10.3. The number of H-pyrrole nitrogens is 1. The summed E-state index contributed by atoms with van der Waals surface area (Å²) >= 11 is 0. The molecule has 0 saturated carbocycles. The van der Waals surface area contributed by atoms with E-state index in [4.69, 9.17) is 9.84 Å². The minimum atomic E-state index is -0.862. The van der Waals surface area contributed by atoms with Crippen molar-refractivity contribution in [2.75, 3.05) is 39.4 Å². The second kappa shape index (κ2) is 6.53. The third-order valence-corrected chi connectivity index (χ3v) is 3.06. The van der Waals surface area contributed by atoms with E-state index in [9.17, 15) is 4.79 Å². The molecule has 0 radical (unpaired) electrons. The van der Waals surface area contributed by atoms with Crippen LogP contribution in [0.4, 0.5) is 0 Å². The lowest BCUT2D eigenvalue weighted by molar-refractivity contribution is -0.139. The molecule has 1 fully saturated rings. The van der Waals surface area contributed by atoms with Crippen LogP contribution >= 0.6 is 0 Å². The summed E-state index contributed by atoms with van der Waals surface area (Å²) in [6, 6.07) is 2.91. The van der Waals surface area contributed by atoms with Gasteiger partial charge < -0.3 is 14.8 Å². The molecule has 1 aliphatic rings. The van der Waals surface area contributed by atoms with Crippen molar-refractivity contribution in [1.82, 2.24) is 15.2 Å². The van der Waals surface area contributed by atoms with Gasteiger partial charge in [0.1, 0.15) is 6.04 Å². The minimum absolute atomic E-state index is 0.649. The molecule has 6 nitrogen and oxygen atoms in total. The predicted octanol–water partition coefficient (Wildman–Crippen LogP) is 0.0622. The highest BCUT2D eigenvalue weighted by Crippen LogP contribution is 2.09. The Hall–Kier alpha value is -1.37. The van der Waals surface area contributed by atoms with Crippen LogP contribution in [0.3, 0.4) is 0 Å². The standard InChI is InChI=1S/C12H19N3O3/c16-12(17)11(10-2-1-3-13-10)14-4-5-15-6-8-18-9-7-15/h1-3,11,13-14H,4-9H2,(H,16,17). The maximum atomic E-state index is 11.2. The number of morpholine rings is 1. The molecule has 0 aliphatic carbocycles. The highest BCUT2D eigenvalue weighted by atomic mass is 16.5. The third-order valence-electron chi connectivity index (χ3n) is 3.06. The molecule has 18 heavy (non-hydrogen) atoms. The smallest absolute Gasteiger partial charge is 0.326 e. The van der Waals surface area contributed by atoms with Crippen molar-refractivity contribution in [2.24, 2.45) is 0 Å². The number of nitrogens with one attached hydrogen (secondary N) is 2. The van der Waals surface area contributed by atoms with E-state index in [0.717, 1.165) is 32.8 Å².